The van der Waals surface area contributed by atoms with Gasteiger partial charge in [-0.25, -0.2) is 0 Å². The molecule has 0 atom stereocenters. The predicted octanol–water partition coefficient (Wildman–Crippen LogP) is 4.75. The molecule has 0 spiro atoms. The number of ether oxygens (including phenoxy) is 2. The third kappa shape index (κ3) is 6.75. The van der Waals surface area contributed by atoms with Gasteiger partial charge in [0.05, 0.1) is 16.6 Å². The van der Waals surface area contributed by atoms with Gasteiger partial charge in [-0.3, -0.25) is 20.4 Å². The van der Waals surface area contributed by atoms with Gasteiger partial charge in [-0.05, 0) is 64.2 Å². The van der Waals surface area contributed by atoms with Crippen LogP contribution in [0.2, 0.25) is 0 Å². The SMILES string of the molecule is CCOc1ccc(Br)cc1C(=O)NNC(=O)COc1ccc(C(C)(C)C)cc1Br. The number of hydrazine groups is 1. The summed E-state index contributed by atoms with van der Waals surface area (Å²) in [5.74, 6) is 0.00332. The molecule has 6 nitrogen and oxygen atoms in total. The summed E-state index contributed by atoms with van der Waals surface area (Å²) in [6.07, 6.45) is 0. The highest BCUT2D eigenvalue weighted by Crippen LogP contribution is 2.31. The Morgan fingerprint density at radius 2 is 1.66 bits per heavy atom. The van der Waals surface area contributed by atoms with Crippen LogP contribution in [0.4, 0.5) is 0 Å². The van der Waals surface area contributed by atoms with E-state index in [1.807, 2.05) is 25.1 Å². The molecule has 2 rings (SSSR count). The van der Waals surface area contributed by atoms with E-state index in [1.54, 1.807) is 18.2 Å². The molecule has 8 heteroatoms. The summed E-state index contributed by atoms with van der Waals surface area (Å²) in [7, 11) is 0. The molecular weight excluding hydrogens is 504 g/mol. The zero-order valence-electron chi connectivity index (χ0n) is 16.8. The van der Waals surface area contributed by atoms with E-state index in [4.69, 9.17) is 9.47 Å². The summed E-state index contributed by atoms with van der Waals surface area (Å²) in [6.45, 7) is 8.36. The van der Waals surface area contributed by atoms with Crippen molar-refractivity contribution in [3.8, 4) is 11.5 Å². The Morgan fingerprint density at radius 1 is 0.966 bits per heavy atom. The van der Waals surface area contributed by atoms with Crippen LogP contribution < -0.4 is 20.3 Å². The van der Waals surface area contributed by atoms with Gasteiger partial charge in [-0.2, -0.15) is 0 Å². The fourth-order valence-corrected chi connectivity index (χ4v) is 3.27. The molecule has 2 aromatic carbocycles. The van der Waals surface area contributed by atoms with E-state index in [2.05, 4.69) is 63.5 Å². The average molecular weight is 528 g/mol. The first-order valence-corrected chi connectivity index (χ1v) is 10.6. The van der Waals surface area contributed by atoms with Gasteiger partial charge >= 0.3 is 0 Å². The Labute approximate surface area is 187 Å². The number of carbonyl (C=O) groups is 2. The summed E-state index contributed by atoms with van der Waals surface area (Å²) < 4.78 is 12.5. The van der Waals surface area contributed by atoms with Crippen LogP contribution in [0.1, 0.15) is 43.6 Å². The maximum absolute atomic E-state index is 12.4. The van der Waals surface area contributed by atoms with Crippen molar-refractivity contribution in [2.24, 2.45) is 0 Å². The van der Waals surface area contributed by atoms with E-state index < -0.39 is 11.8 Å². The molecule has 0 fully saturated rings. The third-order valence-electron chi connectivity index (χ3n) is 3.96. The lowest BCUT2D eigenvalue weighted by atomic mass is 9.87. The Morgan fingerprint density at radius 3 is 2.28 bits per heavy atom. The van der Waals surface area contributed by atoms with Gasteiger partial charge < -0.3 is 9.47 Å². The number of hydrogen-bond donors (Lipinski definition) is 2. The molecule has 0 aliphatic rings. The molecule has 0 saturated heterocycles. The average Bonchev–Trinajstić information content (AvgIpc) is 2.65. The van der Waals surface area contributed by atoms with Crippen LogP contribution in [0.3, 0.4) is 0 Å². The van der Waals surface area contributed by atoms with Crippen LogP contribution in [-0.4, -0.2) is 25.0 Å². The molecule has 0 radical (unpaired) electrons. The first-order chi connectivity index (χ1) is 13.6. The molecule has 0 bridgehead atoms. The number of amides is 2. The zero-order chi connectivity index (χ0) is 21.6. The number of halogens is 2. The van der Waals surface area contributed by atoms with E-state index in [0.29, 0.717) is 23.7 Å². The minimum atomic E-state index is -0.488. The van der Waals surface area contributed by atoms with Gasteiger partial charge in [0.1, 0.15) is 11.5 Å². The van der Waals surface area contributed by atoms with E-state index in [0.717, 1.165) is 14.5 Å². The zero-order valence-corrected chi connectivity index (χ0v) is 19.9. The summed E-state index contributed by atoms with van der Waals surface area (Å²) in [4.78, 5) is 24.4. The molecule has 0 aliphatic carbocycles. The van der Waals surface area contributed by atoms with Crippen molar-refractivity contribution in [3.63, 3.8) is 0 Å². The topological polar surface area (TPSA) is 76.7 Å². The largest absolute Gasteiger partial charge is 0.493 e. The first kappa shape index (κ1) is 23.2. The second-order valence-electron chi connectivity index (χ2n) is 7.26. The minimum Gasteiger partial charge on any atom is -0.493 e. The van der Waals surface area contributed by atoms with Crippen molar-refractivity contribution in [1.82, 2.24) is 10.9 Å². The second kappa shape index (κ2) is 10.1. The quantitative estimate of drug-likeness (QED) is 0.531. The molecular formula is C21H24Br2N2O4. The molecule has 2 amide bonds. The third-order valence-corrected chi connectivity index (χ3v) is 5.07. The fraction of sp³-hybridized carbons (Fsp3) is 0.333. The predicted molar refractivity (Wildman–Crippen MR) is 119 cm³/mol. The molecule has 2 N–H and O–H groups in total. The standard InChI is InChI=1S/C21H24Br2N2O4/c1-5-28-17-9-7-14(22)11-15(17)20(27)25-24-19(26)12-29-18-8-6-13(10-16(18)23)21(2,3)4/h6-11H,5,12H2,1-4H3,(H,24,26)(H,25,27). The molecule has 0 saturated carbocycles. The lowest BCUT2D eigenvalue weighted by Crippen LogP contribution is -2.44. The van der Waals surface area contributed by atoms with Crippen molar-refractivity contribution in [2.75, 3.05) is 13.2 Å². The van der Waals surface area contributed by atoms with Gasteiger partial charge in [0.15, 0.2) is 6.61 Å². The minimum absolute atomic E-state index is 0.00941. The van der Waals surface area contributed by atoms with Crippen molar-refractivity contribution in [3.05, 3.63) is 56.5 Å². The second-order valence-corrected chi connectivity index (χ2v) is 9.03. The molecule has 0 unspecified atom stereocenters. The molecule has 0 aromatic heterocycles. The Balaban J connectivity index is 1.92. The highest BCUT2D eigenvalue weighted by molar-refractivity contribution is 9.10. The normalized spacial score (nSPS) is 11.0. The van der Waals surface area contributed by atoms with E-state index in [9.17, 15) is 9.59 Å². The number of benzene rings is 2. The van der Waals surface area contributed by atoms with Gasteiger partial charge in [-0.1, -0.05) is 42.8 Å². The van der Waals surface area contributed by atoms with Crippen LogP contribution in [-0.2, 0) is 10.2 Å². The van der Waals surface area contributed by atoms with Crippen LogP contribution in [0, 0.1) is 0 Å². The van der Waals surface area contributed by atoms with Crippen molar-refractivity contribution < 1.29 is 19.1 Å². The van der Waals surface area contributed by atoms with Crippen LogP contribution in [0.25, 0.3) is 0 Å². The van der Waals surface area contributed by atoms with E-state index in [1.165, 1.54) is 0 Å². The summed E-state index contributed by atoms with van der Waals surface area (Å²) >= 11 is 6.79. The lowest BCUT2D eigenvalue weighted by Gasteiger charge is -2.20. The van der Waals surface area contributed by atoms with Crippen molar-refractivity contribution in [1.29, 1.82) is 0 Å². The number of rotatable bonds is 6. The summed E-state index contributed by atoms with van der Waals surface area (Å²) in [6, 6.07) is 10.8. The monoisotopic (exact) mass is 526 g/mol. The van der Waals surface area contributed by atoms with Gasteiger partial charge in [0.25, 0.3) is 11.8 Å². The maximum atomic E-state index is 12.4. The summed E-state index contributed by atoms with van der Waals surface area (Å²) in [5, 5.41) is 0. The van der Waals surface area contributed by atoms with Gasteiger partial charge in [-0.15, -0.1) is 0 Å². The lowest BCUT2D eigenvalue weighted by molar-refractivity contribution is -0.123. The van der Waals surface area contributed by atoms with Crippen LogP contribution in [0.15, 0.2) is 45.3 Å². The number of hydrogen-bond acceptors (Lipinski definition) is 4. The Hall–Kier alpha value is -2.06. The van der Waals surface area contributed by atoms with Crippen LogP contribution in [0.5, 0.6) is 11.5 Å². The number of carbonyl (C=O) groups excluding carboxylic acids is 2. The van der Waals surface area contributed by atoms with E-state index in [-0.39, 0.29) is 12.0 Å². The molecule has 156 valence electrons. The van der Waals surface area contributed by atoms with Crippen molar-refractivity contribution >= 4 is 43.7 Å². The molecule has 2 aromatic rings. The van der Waals surface area contributed by atoms with Crippen LogP contribution >= 0.6 is 31.9 Å². The smallest absolute Gasteiger partial charge is 0.276 e. The molecule has 29 heavy (non-hydrogen) atoms. The molecule has 0 aliphatic heterocycles. The first-order valence-electron chi connectivity index (χ1n) is 9.06. The molecule has 0 heterocycles. The Kier molecular flexibility index (Phi) is 8.10. The van der Waals surface area contributed by atoms with Gasteiger partial charge in [0, 0.05) is 4.47 Å². The highest BCUT2D eigenvalue weighted by Gasteiger charge is 2.17. The van der Waals surface area contributed by atoms with Crippen molar-refractivity contribution in [2.45, 2.75) is 33.1 Å². The number of nitrogens with one attached hydrogen (secondary N) is 2. The summed E-state index contributed by atoms with van der Waals surface area (Å²) in [5.41, 5.74) is 6.18. The fourth-order valence-electron chi connectivity index (χ4n) is 2.42. The van der Waals surface area contributed by atoms with E-state index >= 15 is 0 Å². The Bertz CT molecular complexity index is 895. The van der Waals surface area contributed by atoms with Gasteiger partial charge in [0.2, 0.25) is 0 Å². The maximum Gasteiger partial charge on any atom is 0.276 e. The highest BCUT2D eigenvalue weighted by atomic mass is 79.9.